The molecule has 0 spiro atoms. The summed E-state index contributed by atoms with van der Waals surface area (Å²) in [6, 6.07) is 5.53. The summed E-state index contributed by atoms with van der Waals surface area (Å²) in [7, 11) is 0. The largest absolute Gasteiger partial charge is 0.449 e. The molecule has 14 heteroatoms. The highest BCUT2D eigenvalue weighted by atomic mass is 35.5. The predicted octanol–water partition coefficient (Wildman–Crippen LogP) is 4.52. The van der Waals surface area contributed by atoms with Crippen molar-refractivity contribution >= 4 is 58.2 Å². The van der Waals surface area contributed by atoms with Crippen molar-refractivity contribution in [3.05, 3.63) is 42.7 Å². The van der Waals surface area contributed by atoms with Crippen molar-refractivity contribution in [2.45, 2.75) is 50.0 Å². The van der Waals surface area contributed by atoms with Gasteiger partial charge in [-0.1, -0.05) is 0 Å². The van der Waals surface area contributed by atoms with Crippen molar-refractivity contribution in [3.8, 4) is 11.5 Å². The lowest BCUT2D eigenvalue weighted by Crippen LogP contribution is -2.36. The van der Waals surface area contributed by atoms with E-state index in [1.54, 1.807) is 37.7 Å². The van der Waals surface area contributed by atoms with Gasteiger partial charge in [0.15, 0.2) is 23.0 Å². The van der Waals surface area contributed by atoms with Gasteiger partial charge in [-0.25, -0.2) is 19.5 Å². The average molecular weight is 577 g/mol. The first-order chi connectivity index (χ1) is 17.7. The average Bonchev–Trinajstić information content (AvgIpc) is 3.54. The minimum Gasteiger partial charge on any atom is -0.449 e. The van der Waals surface area contributed by atoms with Crippen LogP contribution in [0.5, 0.6) is 11.5 Å². The van der Waals surface area contributed by atoms with E-state index in [0.717, 1.165) is 36.7 Å². The number of halogens is 1. The van der Waals surface area contributed by atoms with Crippen molar-refractivity contribution in [3.63, 3.8) is 0 Å². The summed E-state index contributed by atoms with van der Waals surface area (Å²) >= 11 is 2.76. The SMILES string of the molecule is CC(=O)N1CCC(c2nsc(Nc3ncc(SCC(C)(C)O)cc3Oc3cccn4ncnc34)n2)CC1.Cl. The number of rotatable bonds is 8. The van der Waals surface area contributed by atoms with Gasteiger partial charge in [0.25, 0.3) is 0 Å². The molecular formula is C24H29ClN8O3S2. The van der Waals surface area contributed by atoms with E-state index in [0.29, 0.717) is 33.8 Å². The van der Waals surface area contributed by atoms with Crippen LogP contribution in [-0.2, 0) is 4.79 Å². The van der Waals surface area contributed by atoms with Crippen LogP contribution in [-0.4, -0.2) is 69.3 Å². The molecule has 11 nitrogen and oxygen atoms in total. The minimum atomic E-state index is -0.820. The monoisotopic (exact) mass is 576 g/mol. The number of nitrogens with zero attached hydrogens (tertiary/aromatic N) is 7. The second kappa shape index (κ2) is 11.8. The van der Waals surface area contributed by atoms with Gasteiger partial charge in [-0.15, -0.1) is 24.2 Å². The van der Waals surface area contributed by atoms with Crippen LogP contribution in [0.2, 0.25) is 0 Å². The van der Waals surface area contributed by atoms with E-state index in [9.17, 15) is 9.90 Å². The lowest BCUT2D eigenvalue weighted by Gasteiger charge is -2.29. The molecular weight excluding hydrogens is 548 g/mol. The molecule has 0 aromatic carbocycles. The molecule has 5 rings (SSSR count). The number of carbonyl (C=O) groups is 1. The molecule has 2 N–H and O–H groups in total. The highest BCUT2D eigenvalue weighted by Crippen LogP contribution is 2.36. The molecule has 1 aliphatic rings. The Morgan fingerprint density at radius 3 is 2.82 bits per heavy atom. The molecule has 1 saturated heterocycles. The summed E-state index contributed by atoms with van der Waals surface area (Å²) in [5.41, 5.74) is -0.239. The Bertz CT molecular complexity index is 1400. The van der Waals surface area contributed by atoms with E-state index in [2.05, 4.69) is 24.8 Å². The lowest BCUT2D eigenvalue weighted by atomic mass is 9.96. The summed E-state index contributed by atoms with van der Waals surface area (Å²) in [6.45, 7) is 6.58. The molecule has 0 saturated carbocycles. The van der Waals surface area contributed by atoms with Crippen LogP contribution in [0.15, 0.2) is 41.8 Å². The Balaban J connectivity index is 0.00000336. The van der Waals surface area contributed by atoms with E-state index in [1.165, 1.54) is 29.6 Å². The van der Waals surface area contributed by atoms with E-state index in [-0.39, 0.29) is 24.2 Å². The number of thioether (sulfide) groups is 1. The molecule has 0 atom stereocenters. The van der Waals surface area contributed by atoms with Gasteiger partial charge in [-0.2, -0.15) is 9.47 Å². The van der Waals surface area contributed by atoms with Gasteiger partial charge in [0, 0.05) is 60.5 Å². The molecule has 202 valence electrons. The molecule has 0 aliphatic carbocycles. The maximum atomic E-state index is 11.6. The number of nitrogens with one attached hydrogen (secondary N) is 1. The Kier molecular flexibility index (Phi) is 8.71. The van der Waals surface area contributed by atoms with Crippen LogP contribution in [0.1, 0.15) is 45.4 Å². The van der Waals surface area contributed by atoms with Gasteiger partial charge < -0.3 is 20.1 Å². The van der Waals surface area contributed by atoms with E-state index >= 15 is 0 Å². The van der Waals surface area contributed by atoms with Gasteiger partial charge >= 0.3 is 0 Å². The maximum Gasteiger partial charge on any atom is 0.219 e. The van der Waals surface area contributed by atoms with Crippen molar-refractivity contribution in [1.29, 1.82) is 0 Å². The smallest absolute Gasteiger partial charge is 0.219 e. The highest BCUT2D eigenvalue weighted by molar-refractivity contribution is 7.99. The second-order valence-corrected chi connectivity index (χ2v) is 11.3. The second-order valence-electron chi connectivity index (χ2n) is 9.48. The Morgan fingerprint density at radius 2 is 2.08 bits per heavy atom. The number of carbonyl (C=O) groups excluding carboxylic acids is 1. The minimum absolute atomic E-state index is 0. The fourth-order valence-electron chi connectivity index (χ4n) is 3.96. The molecule has 0 bridgehead atoms. The summed E-state index contributed by atoms with van der Waals surface area (Å²) in [6.07, 6.45) is 6.70. The van der Waals surface area contributed by atoms with Gasteiger partial charge in [0.2, 0.25) is 11.0 Å². The third kappa shape index (κ3) is 6.70. The number of hydrogen-bond donors (Lipinski definition) is 2. The van der Waals surface area contributed by atoms with Gasteiger partial charge in [-0.3, -0.25) is 4.79 Å². The van der Waals surface area contributed by atoms with Crippen LogP contribution < -0.4 is 10.1 Å². The molecule has 4 aromatic heterocycles. The number of pyridine rings is 2. The van der Waals surface area contributed by atoms with Crippen LogP contribution >= 0.6 is 35.7 Å². The fraction of sp³-hybridized carbons (Fsp3) is 0.417. The zero-order valence-corrected chi connectivity index (χ0v) is 23.6. The summed E-state index contributed by atoms with van der Waals surface area (Å²) < 4.78 is 12.5. The topological polar surface area (TPSA) is 131 Å². The number of fused-ring (bicyclic) bond motifs is 1. The molecule has 5 heterocycles. The fourth-order valence-corrected chi connectivity index (χ4v) is 5.45. The first kappa shape index (κ1) is 28.0. The van der Waals surface area contributed by atoms with Crippen molar-refractivity contribution in [2.24, 2.45) is 0 Å². The number of anilines is 2. The molecule has 38 heavy (non-hydrogen) atoms. The van der Waals surface area contributed by atoms with Crippen molar-refractivity contribution in [1.82, 2.24) is 33.8 Å². The third-order valence-corrected chi connectivity index (χ3v) is 7.93. The number of amides is 1. The Hall–Kier alpha value is -3.00. The lowest BCUT2D eigenvalue weighted by molar-refractivity contribution is -0.129. The van der Waals surface area contributed by atoms with Gasteiger partial charge in [0.1, 0.15) is 12.2 Å². The van der Waals surface area contributed by atoms with Crippen molar-refractivity contribution < 1.29 is 14.6 Å². The van der Waals surface area contributed by atoms with Crippen LogP contribution in [0.3, 0.4) is 0 Å². The number of piperidine rings is 1. The zero-order chi connectivity index (χ0) is 26.0. The Labute approximate surface area is 234 Å². The number of aromatic nitrogens is 6. The molecule has 0 radical (unpaired) electrons. The summed E-state index contributed by atoms with van der Waals surface area (Å²) in [5, 5.41) is 18.2. The third-order valence-electron chi connectivity index (χ3n) is 5.88. The quantitative estimate of drug-likeness (QED) is 0.289. The number of hydrogen-bond acceptors (Lipinski definition) is 11. The standard InChI is InChI=1S/C24H28N8O3S2.ClH/c1-15(33)31-9-6-16(7-10-31)20-28-23(37-30-20)29-21-19(11-17(12-25-21)36-13-24(2,3)34)35-18-5-4-8-32-22(18)26-14-27-32;/h4-5,8,11-12,14,16,34H,6-7,9-10,13H2,1-3H3,(H,25,28,29,30);1H. The van der Waals surface area contributed by atoms with E-state index in [1.807, 2.05) is 23.1 Å². The normalized spacial score (nSPS) is 14.4. The van der Waals surface area contributed by atoms with Crippen LogP contribution in [0, 0.1) is 0 Å². The first-order valence-electron chi connectivity index (χ1n) is 11.9. The molecule has 1 amide bonds. The molecule has 4 aromatic rings. The molecule has 1 aliphatic heterocycles. The van der Waals surface area contributed by atoms with E-state index < -0.39 is 5.60 Å². The number of aliphatic hydroxyl groups is 1. The van der Waals surface area contributed by atoms with Gasteiger partial charge in [-0.05, 0) is 44.9 Å². The van der Waals surface area contributed by atoms with Crippen LogP contribution in [0.4, 0.5) is 10.9 Å². The summed E-state index contributed by atoms with van der Waals surface area (Å²) in [4.78, 5) is 28.0. The highest BCUT2D eigenvalue weighted by Gasteiger charge is 2.25. The number of ether oxygens (including phenoxy) is 1. The molecule has 0 unspecified atom stereocenters. The zero-order valence-electron chi connectivity index (χ0n) is 21.2. The van der Waals surface area contributed by atoms with Crippen LogP contribution in [0.25, 0.3) is 5.65 Å². The first-order valence-corrected chi connectivity index (χ1v) is 13.7. The van der Waals surface area contributed by atoms with E-state index in [4.69, 9.17) is 9.72 Å². The number of likely N-dealkylation sites (tertiary alicyclic amines) is 1. The van der Waals surface area contributed by atoms with Crippen molar-refractivity contribution in [2.75, 3.05) is 24.2 Å². The Morgan fingerprint density at radius 1 is 1.29 bits per heavy atom. The predicted molar refractivity (Wildman–Crippen MR) is 149 cm³/mol. The van der Waals surface area contributed by atoms with Gasteiger partial charge in [0.05, 0.1) is 5.60 Å². The maximum absolute atomic E-state index is 11.6. The molecule has 1 fully saturated rings. The summed E-state index contributed by atoms with van der Waals surface area (Å²) in [5.74, 6) is 3.12.